The Morgan fingerprint density at radius 2 is 1.75 bits per heavy atom. The fraction of sp³-hybridized carbons (Fsp3) is 0.294. The molecule has 150 valence electrons. The van der Waals surface area contributed by atoms with Crippen molar-refractivity contribution in [1.29, 1.82) is 0 Å². The molecule has 2 N–H and O–H groups in total. The first kappa shape index (κ1) is 20.5. The molecule has 28 heavy (non-hydrogen) atoms. The molecule has 2 heterocycles. The van der Waals surface area contributed by atoms with Gasteiger partial charge in [-0.05, 0) is 43.7 Å². The second-order valence-electron chi connectivity index (χ2n) is 6.01. The quantitative estimate of drug-likeness (QED) is 0.628. The molecule has 0 unspecified atom stereocenters. The first-order chi connectivity index (χ1) is 13.0. The van der Waals surface area contributed by atoms with Gasteiger partial charge in [-0.25, -0.2) is 23.1 Å². The van der Waals surface area contributed by atoms with Crippen LogP contribution in [0.1, 0.15) is 23.2 Å². The van der Waals surface area contributed by atoms with Gasteiger partial charge in [0.2, 0.25) is 15.8 Å². The van der Waals surface area contributed by atoms with Crippen LogP contribution in [0.25, 0.3) is 10.2 Å². The Morgan fingerprint density at radius 1 is 1.11 bits per heavy atom. The number of sulfonamides is 1. The number of fused-ring (bicyclic) bond motifs is 1. The third-order valence-corrected chi connectivity index (χ3v) is 6.71. The van der Waals surface area contributed by atoms with Crippen molar-refractivity contribution < 1.29 is 21.6 Å². The molecule has 0 atom stereocenters. The van der Waals surface area contributed by atoms with E-state index in [2.05, 4.69) is 20.0 Å². The number of thiophene rings is 1. The van der Waals surface area contributed by atoms with Crippen LogP contribution in [-0.2, 0) is 16.2 Å². The molecule has 0 radical (unpaired) electrons. The smallest absolute Gasteiger partial charge is 0.340 e. The Balaban J connectivity index is 2.04. The SMILES string of the molecule is CCNS(=O)(=O)c1ccc(Nc2nc(C(F)(F)F)nc3sc(C)c(C)c23)cc1. The van der Waals surface area contributed by atoms with Crippen LogP contribution < -0.4 is 10.0 Å². The van der Waals surface area contributed by atoms with E-state index in [-0.39, 0.29) is 22.1 Å². The summed E-state index contributed by atoms with van der Waals surface area (Å²) in [5.41, 5.74) is 1.20. The highest BCUT2D eigenvalue weighted by Gasteiger charge is 2.36. The zero-order chi connectivity index (χ0) is 20.7. The molecule has 0 saturated carbocycles. The van der Waals surface area contributed by atoms with Crippen molar-refractivity contribution in [2.75, 3.05) is 11.9 Å². The van der Waals surface area contributed by atoms with E-state index < -0.39 is 22.0 Å². The summed E-state index contributed by atoms with van der Waals surface area (Å²) < 4.78 is 65.9. The van der Waals surface area contributed by atoms with Crippen molar-refractivity contribution in [3.63, 3.8) is 0 Å². The third kappa shape index (κ3) is 3.96. The van der Waals surface area contributed by atoms with Crippen LogP contribution >= 0.6 is 11.3 Å². The van der Waals surface area contributed by atoms with Gasteiger partial charge in [0.1, 0.15) is 10.6 Å². The highest BCUT2D eigenvalue weighted by atomic mass is 32.2. The van der Waals surface area contributed by atoms with Crippen LogP contribution in [0.15, 0.2) is 29.2 Å². The van der Waals surface area contributed by atoms with Gasteiger partial charge in [0.05, 0.1) is 10.3 Å². The predicted octanol–water partition coefficient (Wildman–Crippen LogP) is 4.37. The Hall–Kier alpha value is -2.24. The molecule has 0 amide bonds. The largest absolute Gasteiger partial charge is 0.451 e. The highest BCUT2D eigenvalue weighted by molar-refractivity contribution is 7.89. The summed E-state index contributed by atoms with van der Waals surface area (Å²) in [4.78, 5) is 8.47. The topological polar surface area (TPSA) is 84.0 Å². The third-order valence-electron chi connectivity index (χ3n) is 4.04. The second-order valence-corrected chi connectivity index (χ2v) is 8.98. The number of nitrogens with one attached hydrogen (secondary N) is 2. The van der Waals surface area contributed by atoms with Crippen LogP contribution in [0.3, 0.4) is 0 Å². The number of rotatable bonds is 5. The van der Waals surface area contributed by atoms with E-state index >= 15 is 0 Å². The van der Waals surface area contributed by atoms with Gasteiger partial charge in [0.25, 0.3) is 0 Å². The van der Waals surface area contributed by atoms with E-state index in [4.69, 9.17) is 0 Å². The van der Waals surface area contributed by atoms with E-state index in [1.54, 1.807) is 20.8 Å². The normalized spacial score (nSPS) is 12.5. The summed E-state index contributed by atoms with van der Waals surface area (Å²) in [7, 11) is -3.61. The number of aryl methyl sites for hydroxylation is 2. The minimum Gasteiger partial charge on any atom is -0.340 e. The maximum absolute atomic E-state index is 13.2. The maximum Gasteiger partial charge on any atom is 0.451 e. The molecule has 3 rings (SSSR count). The average molecular weight is 430 g/mol. The van der Waals surface area contributed by atoms with Gasteiger partial charge in [-0.15, -0.1) is 11.3 Å². The lowest BCUT2D eigenvalue weighted by molar-refractivity contribution is -0.144. The molecule has 0 aliphatic heterocycles. The van der Waals surface area contributed by atoms with E-state index in [0.717, 1.165) is 10.4 Å². The molecule has 1 aromatic carbocycles. The van der Waals surface area contributed by atoms with E-state index in [1.165, 1.54) is 35.6 Å². The van der Waals surface area contributed by atoms with Gasteiger partial charge in [0.15, 0.2) is 0 Å². The van der Waals surface area contributed by atoms with Crippen molar-refractivity contribution in [2.45, 2.75) is 31.8 Å². The number of aromatic nitrogens is 2. The lowest BCUT2D eigenvalue weighted by Crippen LogP contribution is -2.22. The predicted molar refractivity (Wildman–Crippen MR) is 102 cm³/mol. The maximum atomic E-state index is 13.2. The fourth-order valence-corrected chi connectivity index (χ4v) is 4.66. The monoisotopic (exact) mass is 430 g/mol. The Bertz CT molecular complexity index is 1120. The first-order valence-electron chi connectivity index (χ1n) is 8.24. The van der Waals surface area contributed by atoms with Gasteiger partial charge in [-0.2, -0.15) is 13.2 Å². The van der Waals surface area contributed by atoms with Gasteiger partial charge < -0.3 is 5.32 Å². The summed E-state index contributed by atoms with van der Waals surface area (Å²) in [5.74, 6) is -1.20. The van der Waals surface area contributed by atoms with Crippen molar-refractivity contribution in [3.8, 4) is 0 Å². The number of hydrogen-bond acceptors (Lipinski definition) is 6. The minimum absolute atomic E-state index is 0.0291. The van der Waals surface area contributed by atoms with E-state index in [1.807, 2.05) is 0 Å². The van der Waals surface area contributed by atoms with Crippen molar-refractivity contribution in [2.24, 2.45) is 0 Å². The molecular formula is C17H17F3N4O2S2. The van der Waals surface area contributed by atoms with Crippen molar-refractivity contribution in [1.82, 2.24) is 14.7 Å². The van der Waals surface area contributed by atoms with E-state index in [0.29, 0.717) is 11.1 Å². The van der Waals surface area contributed by atoms with Crippen LogP contribution in [0.4, 0.5) is 24.7 Å². The molecule has 0 fully saturated rings. The highest BCUT2D eigenvalue weighted by Crippen LogP contribution is 2.37. The molecule has 2 aromatic heterocycles. The summed E-state index contributed by atoms with van der Waals surface area (Å²) in [6, 6.07) is 5.68. The lowest BCUT2D eigenvalue weighted by atomic mass is 10.2. The number of nitrogens with zero attached hydrogens (tertiary/aromatic N) is 2. The summed E-state index contributed by atoms with van der Waals surface area (Å²) >= 11 is 1.17. The molecule has 0 saturated heterocycles. The van der Waals surface area contributed by atoms with E-state index in [9.17, 15) is 21.6 Å². The van der Waals surface area contributed by atoms with Gasteiger partial charge >= 0.3 is 6.18 Å². The molecule has 0 aliphatic rings. The number of anilines is 2. The van der Waals surface area contributed by atoms with Crippen LogP contribution in [0.5, 0.6) is 0 Å². The Labute approximate surface area is 163 Å². The Morgan fingerprint density at radius 3 is 2.32 bits per heavy atom. The summed E-state index contributed by atoms with van der Waals surface area (Å²) in [5, 5.41) is 3.38. The zero-order valence-electron chi connectivity index (χ0n) is 15.2. The second kappa shape index (κ2) is 7.30. The van der Waals surface area contributed by atoms with Crippen molar-refractivity contribution in [3.05, 3.63) is 40.5 Å². The van der Waals surface area contributed by atoms with Crippen LogP contribution in [-0.4, -0.2) is 24.9 Å². The van der Waals surface area contributed by atoms with Gasteiger partial charge in [-0.1, -0.05) is 6.92 Å². The van der Waals surface area contributed by atoms with Crippen molar-refractivity contribution >= 4 is 43.1 Å². The Kier molecular flexibility index (Phi) is 5.34. The summed E-state index contributed by atoms with van der Waals surface area (Å²) in [6.45, 7) is 5.51. The number of alkyl halides is 3. The fourth-order valence-electron chi connectivity index (χ4n) is 2.59. The van der Waals surface area contributed by atoms with Crippen LogP contribution in [0.2, 0.25) is 0 Å². The molecule has 0 spiro atoms. The molecule has 0 aliphatic carbocycles. The molecule has 11 heteroatoms. The first-order valence-corrected chi connectivity index (χ1v) is 10.5. The number of benzene rings is 1. The molecular weight excluding hydrogens is 413 g/mol. The number of hydrogen-bond donors (Lipinski definition) is 2. The molecule has 0 bridgehead atoms. The number of halogens is 3. The standard InChI is InChI=1S/C17H17F3N4O2S2/c1-4-21-28(25,26)12-7-5-11(6-8-12)22-14-13-9(2)10(3)27-15(13)24-16(23-14)17(18,19)20/h5-8,21H,4H2,1-3H3,(H,22,23,24). The van der Waals surface area contributed by atoms with Gasteiger partial charge in [0, 0.05) is 17.1 Å². The lowest BCUT2D eigenvalue weighted by Gasteiger charge is -2.12. The summed E-state index contributed by atoms with van der Waals surface area (Å²) in [6.07, 6.45) is -4.68. The van der Waals surface area contributed by atoms with Crippen LogP contribution in [0, 0.1) is 13.8 Å². The molecule has 6 nitrogen and oxygen atoms in total. The molecule has 3 aromatic rings. The van der Waals surface area contributed by atoms with Gasteiger partial charge in [-0.3, -0.25) is 0 Å². The average Bonchev–Trinajstić information content (AvgIpc) is 2.89. The minimum atomic E-state index is -4.68. The zero-order valence-corrected chi connectivity index (χ0v) is 16.8.